The molecule has 204 valence electrons. The quantitative estimate of drug-likeness (QED) is 0.393. The molecule has 13 heteroatoms. The van der Waals surface area contributed by atoms with Crippen molar-refractivity contribution < 1.29 is 34.8 Å². The predicted octanol–water partition coefficient (Wildman–Crippen LogP) is 5.14. The van der Waals surface area contributed by atoms with Crippen molar-refractivity contribution in [2.24, 2.45) is 0 Å². The second kappa shape index (κ2) is 11.0. The summed E-state index contributed by atoms with van der Waals surface area (Å²) in [4.78, 5) is 12.8. The SMILES string of the molecule is Cc1ccc(S(=O)(=O)N(CC(=O)N[C@@H](C)c2ccc(S(C)(=O)=O)cc2)c2ccc(Cl)c(C(F)(F)F)c2)cc1. The van der Waals surface area contributed by atoms with E-state index in [-0.39, 0.29) is 9.79 Å². The van der Waals surface area contributed by atoms with Crippen LogP contribution in [0.15, 0.2) is 76.5 Å². The number of halogens is 4. The van der Waals surface area contributed by atoms with Gasteiger partial charge in [0.05, 0.1) is 32.1 Å². The van der Waals surface area contributed by atoms with Gasteiger partial charge in [0, 0.05) is 6.26 Å². The normalized spacial score (nSPS) is 13.1. The number of nitrogens with one attached hydrogen (secondary N) is 1. The molecule has 0 aliphatic heterocycles. The number of hydrogen-bond donors (Lipinski definition) is 1. The average molecular weight is 589 g/mol. The van der Waals surface area contributed by atoms with Gasteiger partial charge in [0.25, 0.3) is 10.0 Å². The average Bonchev–Trinajstić information content (AvgIpc) is 2.82. The fourth-order valence-corrected chi connectivity index (χ4v) is 5.81. The van der Waals surface area contributed by atoms with Crippen molar-refractivity contribution in [1.82, 2.24) is 5.32 Å². The Kier molecular flexibility index (Phi) is 8.49. The number of sulfone groups is 1. The lowest BCUT2D eigenvalue weighted by atomic mass is 10.1. The molecule has 1 atom stereocenters. The second-order valence-corrected chi connectivity index (χ2v) is 12.9. The molecule has 3 aromatic carbocycles. The zero-order valence-electron chi connectivity index (χ0n) is 20.5. The van der Waals surface area contributed by atoms with E-state index in [0.717, 1.165) is 24.0 Å². The van der Waals surface area contributed by atoms with Gasteiger partial charge in [0.1, 0.15) is 6.54 Å². The van der Waals surface area contributed by atoms with Gasteiger partial charge >= 0.3 is 6.18 Å². The van der Waals surface area contributed by atoms with Gasteiger partial charge in [-0.3, -0.25) is 9.10 Å². The summed E-state index contributed by atoms with van der Waals surface area (Å²) in [6.07, 6.45) is -3.81. The summed E-state index contributed by atoms with van der Waals surface area (Å²) in [6, 6.07) is 13.3. The summed E-state index contributed by atoms with van der Waals surface area (Å²) >= 11 is 5.71. The van der Waals surface area contributed by atoms with E-state index in [1.807, 2.05) is 0 Å². The number of anilines is 1. The van der Waals surface area contributed by atoms with Gasteiger partial charge in [-0.1, -0.05) is 41.4 Å². The Bertz CT molecular complexity index is 1540. The third kappa shape index (κ3) is 6.86. The van der Waals surface area contributed by atoms with E-state index in [0.29, 0.717) is 15.9 Å². The maximum absolute atomic E-state index is 13.5. The third-order valence-corrected chi connectivity index (χ3v) is 8.87. The van der Waals surface area contributed by atoms with E-state index in [2.05, 4.69) is 5.32 Å². The Morgan fingerprint density at radius 2 is 1.50 bits per heavy atom. The van der Waals surface area contributed by atoms with E-state index >= 15 is 0 Å². The van der Waals surface area contributed by atoms with Gasteiger partial charge < -0.3 is 5.32 Å². The number of carbonyl (C=O) groups is 1. The summed E-state index contributed by atoms with van der Waals surface area (Å²) in [5.74, 6) is -0.802. The third-order valence-electron chi connectivity index (χ3n) is 5.63. The largest absolute Gasteiger partial charge is 0.417 e. The number of alkyl halides is 3. The highest BCUT2D eigenvalue weighted by atomic mass is 35.5. The van der Waals surface area contributed by atoms with Crippen molar-refractivity contribution in [2.45, 2.75) is 35.9 Å². The van der Waals surface area contributed by atoms with Crippen LogP contribution in [0, 0.1) is 6.92 Å². The molecule has 7 nitrogen and oxygen atoms in total. The van der Waals surface area contributed by atoms with Crippen LogP contribution >= 0.6 is 11.6 Å². The van der Waals surface area contributed by atoms with Crippen LogP contribution in [-0.2, 0) is 30.8 Å². The second-order valence-electron chi connectivity index (χ2n) is 8.62. The lowest BCUT2D eigenvalue weighted by molar-refractivity contribution is -0.137. The number of carbonyl (C=O) groups excluding carboxylic acids is 1. The monoisotopic (exact) mass is 588 g/mol. The summed E-state index contributed by atoms with van der Waals surface area (Å²) in [6.45, 7) is 2.50. The molecule has 0 heterocycles. The van der Waals surface area contributed by atoms with Gasteiger partial charge in [-0.05, 0) is 61.9 Å². The zero-order valence-corrected chi connectivity index (χ0v) is 22.8. The highest BCUT2D eigenvalue weighted by Gasteiger charge is 2.35. The van der Waals surface area contributed by atoms with Gasteiger partial charge in [0.15, 0.2) is 9.84 Å². The van der Waals surface area contributed by atoms with Gasteiger partial charge in [-0.2, -0.15) is 13.2 Å². The van der Waals surface area contributed by atoms with Crippen molar-refractivity contribution in [3.8, 4) is 0 Å². The topological polar surface area (TPSA) is 101 Å². The number of aryl methyl sites for hydroxylation is 1. The molecule has 0 bridgehead atoms. The number of sulfonamides is 1. The molecule has 0 fully saturated rings. The first-order valence-electron chi connectivity index (χ1n) is 11.1. The molecule has 0 saturated carbocycles. The number of amides is 1. The highest BCUT2D eigenvalue weighted by molar-refractivity contribution is 7.93. The fourth-order valence-electron chi connectivity index (χ4n) is 3.54. The number of hydrogen-bond acceptors (Lipinski definition) is 5. The van der Waals surface area contributed by atoms with E-state index in [1.165, 1.54) is 48.5 Å². The Balaban J connectivity index is 1.96. The minimum Gasteiger partial charge on any atom is -0.348 e. The number of rotatable bonds is 8. The standard InChI is InChI=1S/C25H24ClF3N2O5S2/c1-16-4-9-21(10-5-16)38(35,36)31(19-8-13-23(26)22(14-19)25(27,28)29)15-24(32)30-17(2)18-6-11-20(12-7-18)37(3,33)34/h4-14,17H,15H2,1-3H3,(H,30,32)/t17-/m0/s1. The lowest BCUT2D eigenvalue weighted by Crippen LogP contribution is -2.41. The van der Waals surface area contributed by atoms with Crippen LogP contribution < -0.4 is 9.62 Å². The molecule has 0 aromatic heterocycles. The molecule has 3 aromatic rings. The van der Waals surface area contributed by atoms with Crippen LogP contribution in [0.3, 0.4) is 0 Å². The van der Waals surface area contributed by atoms with E-state index in [4.69, 9.17) is 11.6 Å². The molecule has 0 saturated heterocycles. The minimum absolute atomic E-state index is 0.0818. The maximum atomic E-state index is 13.5. The summed E-state index contributed by atoms with van der Waals surface area (Å²) in [5.41, 5.74) is -0.359. The molecule has 0 unspecified atom stereocenters. The maximum Gasteiger partial charge on any atom is 0.417 e. The Morgan fingerprint density at radius 3 is 2.03 bits per heavy atom. The molecule has 0 spiro atoms. The number of benzene rings is 3. The van der Waals surface area contributed by atoms with Gasteiger partial charge in [-0.25, -0.2) is 16.8 Å². The van der Waals surface area contributed by atoms with E-state index in [9.17, 15) is 34.8 Å². The number of nitrogens with zero attached hydrogens (tertiary/aromatic N) is 1. The Labute approximate surface area is 224 Å². The summed E-state index contributed by atoms with van der Waals surface area (Å²) in [7, 11) is -7.90. The zero-order chi connectivity index (χ0) is 28.5. The molecule has 1 amide bonds. The summed E-state index contributed by atoms with van der Waals surface area (Å²) in [5, 5.41) is 1.98. The van der Waals surface area contributed by atoms with E-state index in [1.54, 1.807) is 13.8 Å². The van der Waals surface area contributed by atoms with Crippen LogP contribution in [0.1, 0.15) is 29.7 Å². The first-order chi connectivity index (χ1) is 17.5. The van der Waals surface area contributed by atoms with Crippen LogP contribution in [0.5, 0.6) is 0 Å². The van der Waals surface area contributed by atoms with Crippen molar-refractivity contribution >= 4 is 43.1 Å². The van der Waals surface area contributed by atoms with Crippen molar-refractivity contribution in [1.29, 1.82) is 0 Å². The van der Waals surface area contributed by atoms with E-state index < -0.39 is 60.8 Å². The van der Waals surface area contributed by atoms with Gasteiger partial charge in [0.2, 0.25) is 5.91 Å². The van der Waals surface area contributed by atoms with Crippen LogP contribution in [0.2, 0.25) is 5.02 Å². The minimum atomic E-state index is -4.86. The summed E-state index contributed by atoms with van der Waals surface area (Å²) < 4.78 is 91.4. The van der Waals surface area contributed by atoms with Gasteiger partial charge in [-0.15, -0.1) is 0 Å². The fraction of sp³-hybridized carbons (Fsp3) is 0.240. The predicted molar refractivity (Wildman–Crippen MR) is 138 cm³/mol. The molecule has 38 heavy (non-hydrogen) atoms. The first kappa shape index (κ1) is 29.5. The molecular formula is C25H24ClF3N2O5S2. The van der Waals surface area contributed by atoms with Crippen molar-refractivity contribution in [3.05, 3.63) is 88.4 Å². The van der Waals surface area contributed by atoms with Crippen LogP contribution in [0.25, 0.3) is 0 Å². The molecule has 1 N–H and O–H groups in total. The first-order valence-corrected chi connectivity index (χ1v) is 14.8. The van der Waals surface area contributed by atoms with Crippen molar-refractivity contribution in [2.75, 3.05) is 17.1 Å². The lowest BCUT2D eigenvalue weighted by Gasteiger charge is -2.26. The molecular weight excluding hydrogens is 565 g/mol. The molecule has 0 aliphatic rings. The van der Waals surface area contributed by atoms with Crippen LogP contribution in [0.4, 0.5) is 18.9 Å². The highest BCUT2D eigenvalue weighted by Crippen LogP contribution is 2.38. The molecule has 0 aliphatic carbocycles. The Hall–Kier alpha value is -3.09. The van der Waals surface area contributed by atoms with Crippen molar-refractivity contribution in [3.63, 3.8) is 0 Å². The Morgan fingerprint density at radius 1 is 0.947 bits per heavy atom. The molecule has 0 radical (unpaired) electrons. The van der Waals surface area contributed by atoms with Crippen LogP contribution in [-0.4, -0.2) is 35.5 Å². The smallest absolute Gasteiger partial charge is 0.348 e. The molecule has 3 rings (SSSR count).